The fourth-order valence-electron chi connectivity index (χ4n) is 3.57. The van der Waals surface area contributed by atoms with E-state index in [1.54, 1.807) is 0 Å². The molecular weight excluding hydrogens is 405 g/mol. The maximum Gasteiger partial charge on any atom is 0.250 e. The lowest BCUT2D eigenvalue weighted by Crippen LogP contribution is -2.48. The topological polar surface area (TPSA) is 38.3 Å². The number of benzene rings is 3. The molecular formula is C24H21Cl2NO2. The predicted molar refractivity (Wildman–Crippen MR) is 116 cm³/mol. The Hall–Kier alpha value is -2.33. The van der Waals surface area contributed by atoms with Gasteiger partial charge in [0.1, 0.15) is 12.2 Å². The predicted octanol–water partition coefficient (Wildman–Crippen LogP) is 5.84. The van der Waals surface area contributed by atoms with Crippen LogP contribution < -0.4 is 5.32 Å². The van der Waals surface area contributed by atoms with Gasteiger partial charge in [-0.2, -0.15) is 0 Å². The quantitative estimate of drug-likeness (QED) is 0.569. The van der Waals surface area contributed by atoms with Crippen molar-refractivity contribution in [3.63, 3.8) is 0 Å². The lowest BCUT2D eigenvalue weighted by atomic mass is 9.92. The van der Waals surface area contributed by atoms with Gasteiger partial charge in [-0.25, -0.2) is 0 Å². The number of morpholine rings is 1. The van der Waals surface area contributed by atoms with Crippen LogP contribution >= 0.6 is 23.2 Å². The van der Waals surface area contributed by atoms with E-state index in [2.05, 4.69) is 5.32 Å². The van der Waals surface area contributed by atoms with E-state index in [1.807, 2.05) is 79.7 Å². The molecule has 29 heavy (non-hydrogen) atoms. The summed E-state index contributed by atoms with van der Waals surface area (Å²) in [4.78, 5) is 12.9. The van der Waals surface area contributed by atoms with Gasteiger partial charge in [-0.05, 0) is 47.9 Å². The molecule has 1 aliphatic rings. The Morgan fingerprint density at radius 2 is 1.38 bits per heavy atom. The van der Waals surface area contributed by atoms with Crippen molar-refractivity contribution in [1.82, 2.24) is 5.32 Å². The number of hydrogen-bond donors (Lipinski definition) is 1. The fourth-order valence-corrected chi connectivity index (χ4v) is 3.82. The molecule has 0 aliphatic carbocycles. The van der Waals surface area contributed by atoms with E-state index in [9.17, 15) is 4.79 Å². The molecule has 1 amide bonds. The maximum atomic E-state index is 12.9. The number of carbonyl (C=O) groups excluding carboxylic acids is 1. The van der Waals surface area contributed by atoms with E-state index < -0.39 is 6.10 Å². The number of ether oxygens (including phenoxy) is 1. The lowest BCUT2D eigenvalue weighted by molar-refractivity contribution is -0.150. The Balaban J connectivity index is 1.64. The monoisotopic (exact) mass is 425 g/mol. The normalized spacial score (nSPS) is 21.6. The molecule has 3 aromatic rings. The van der Waals surface area contributed by atoms with E-state index in [-0.39, 0.29) is 18.1 Å². The third-order valence-corrected chi connectivity index (χ3v) is 5.68. The van der Waals surface area contributed by atoms with Crippen molar-refractivity contribution in [3.8, 4) is 0 Å². The highest BCUT2D eigenvalue weighted by molar-refractivity contribution is 6.30. The number of aryl methyl sites for hydroxylation is 1. The van der Waals surface area contributed by atoms with E-state index >= 15 is 0 Å². The van der Waals surface area contributed by atoms with Crippen LogP contribution in [0.4, 0.5) is 0 Å². The average molecular weight is 426 g/mol. The van der Waals surface area contributed by atoms with Crippen molar-refractivity contribution in [1.29, 1.82) is 0 Å². The van der Waals surface area contributed by atoms with Gasteiger partial charge in [-0.1, -0.05) is 77.3 Å². The van der Waals surface area contributed by atoms with E-state index in [0.29, 0.717) is 16.5 Å². The van der Waals surface area contributed by atoms with Crippen molar-refractivity contribution in [2.24, 2.45) is 0 Å². The molecule has 0 saturated carbocycles. The Morgan fingerprint density at radius 3 is 1.97 bits per heavy atom. The summed E-state index contributed by atoms with van der Waals surface area (Å²) in [6.07, 6.45) is -0.382. The minimum Gasteiger partial charge on any atom is -0.358 e. The van der Waals surface area contributed by atoms with Gasteiger partial charge in [-0.3, -0.25) is 4.79 Å². The summed E-state index contributed by atoms with van der Waals surface area (Å²) in [7, 11) is 0. The second-order valence-corrected chi connectivity index (χ2v) is 8.20. The molecule has 0 aromatic heterocycles. The second-order valence-electron chi connectivity index (χ2n) is 7.32. The smallest absolute Gasteiger partial charge is 0.250 e. The summed E-state index contributed by atoms with van der Waals surface area (Å²) in [5.74, 6) is -0.115. The Bertz CT molecular complexity index is 985. The summed E-state index contributed by atoms with van der Waals surface area (Å²) in [6.45, 7) is 2.04. The SMILES string of the molecule is Cc1ccc(CC2OC(c3ccc(Cl)cc3)C(c3ccc(Cl)cc3)NC2=O)cc1. The van der Waals surface area contributed by atoms with Crippen LogP contribution in [0.1, 0.15) is 34.4 Å². The van der Waals surface area contributed by atoms with Gasteiger partial charge in [0.15, 0.2) is 0 Å². The number of nitrogens with one attached hydrogen (secondary N) is 1. The van der Waals surface area contributed by atoms with Crippen LogP contribution in [0.25, 0.3) is 0 Å². The van der Waals surface area contributed by atoms with Crippen molar-refractivity contribution in [2.75, 3.05) is 0 Å². The third-order valence-electron chi connectivity index (χ3n) is 5.17. The summed E-state index contributed by atoms with van der Waals surface area (Å²) in [5, 5.41) is 4.47. The lowest BCUT2D eigenvalue weighted by Gasteiger charge is -2.37. The summed E-state index contributed by atoms with van der Waals surface area (Å²) >= 11 is 12.1. The van der Waals surface area contributed by atoms with Crippen LogP contribution in [0.5, 0.6) is 0 Å². The first-order valence-corrected chi connectivity index (χ1v) is 10.3. The molecule has 3 atom stereocenters. The van der Waals surface area contributed by atoms with Crippen LogP contribution in [0.2, 0.25) is 10.0 Å². The highest BCUT2D eigenvalue weighted by atomic mass is 35.5. The van der Waals surface area contributed by atoms with Gasteiger partial charge in [0.05, 0.1) is 6.04 Å². The first-order valence-electron chi connectivity index (χ1n) is 9.52. The first-order chi connectivity index (χ1) is 14.0. The third kappa shape index (κ3) is 4.64. The summed E-state index contributed by atoms with van der Waals surface area (Å²) in [5.41, 5.74) is 4.15. The van der Waals surface area contributed by atoms with Gasteiger partial charge in [0.2, 0.25) is 5.91 Å². The molecule has 3 aromatic carbocycles. The van der Waals surface area contributed by atoms with Crippen LogP contribution in [-0.4, -0.2) is 12.0 Å². The fraction of sp³-hybridized carbons (Fsp3) is 0.208. The molecule has 4 rings (SSSR count). The number of halogens is 2. The van der Waals surface area contributed by atoms with Gasteiger partial charge in [0, 0.05) is 16.5 Å². The molecule has 1 aliphatic heterocycles. The van der Waals surface area contributed by atoms with Gasteiger partial charge >= 0.3 is 0 Å². The summed E-state index contributed by atoms with van der Waals surface area (Å²) in [6, 6.07) is 22.9. The number of rotatable bonds is 4. The minimum atomic E-state index is -0.568. The molecule has 148 valence electrons. The minimum absolute atomic E-state index is 0.115. The molecule has 0 spiro atoms. The van der Waals surface area contributed by atoms with Gasteiger partial charge < -0.3 is 10.1 Å². The van der Waals surface area contributed by atoms with Gasteiger partial charge in [-0.15, -0.1) is 0 Å². The van der Waals surface area contributed by atoms with E-state index in [0.717, 1.165) is 16.7 Å². The molecule has 0 bridgehead atoms. The first kappa shape index (κ1) is 20.0. The van der Waals surface area contributed by atoms with Crippen LogP contribution in [0, 0.1) is 6.92 Å². The zero-order valence-corrected chi connectivity index (χ0v) is 17.5. The van der Waals surface area contributed by atoms with Gasteiger partial charge in [0.25, 0.3) is 0 Å². The second kappa shape index (κ2) is 8.58. The van der Waals surface area contributed by atoms with Crippen LogP contribution in [0.15, 0.2) is 72.8 Å². The number of amides is 1. The zero-order chi connectivity index (χ0) is 20.4. The molecule has 3 unspecified atom stereocenters. The van der Waals surface area contributed by atoms with Crippen molar-refractivity contribution < 1.29 is 9.53 Å². The standard InChI is InChI=1S/C24H21Cl2NO2/c1-15-2-4-16(5-3-15)14-21-24(28)27-22(17-6-10-19(25)11-7-17)23(29-21)18-8-12-20(26)13-9-18/h2-13,21-23H,14H2,1H3,(H,27,28). The zero-order valence-electron chi connectivity index (χ0n) is 15.9. The largest absolute Gasteiger partial charge is 0.358 e. The Morgan fingerprint density at radius 1 is 0.828 bits per heavy atom. The summed E-state index contributed by atoms with van der Waals surface area (Å²) < 4.78 is 6.37. The molecule has 0 radical (unpaired) electrons. The van der Waals surface area contributed by atoms with Crippen LogP contribution in [-0.2, 0) is 16.0 Å². The highest BCUT2D eigenvalue weighted by Gasteiger charge is 2.38. The molecule has 3 nitrogen and oxygen atoms in total. The van der Waals surface area contributed by atoms with E-state index in [4.69, 9.17) is 27.9 Å². The molecule has 5 heteroatoms. The molecule has 1 heterocycles. The number of carbonyl (C=O) groups is 1. The Labute approximate surface area is 180 Å². The van der Waals surface area contributed by atoms with Crippen LogP contribution in [0.3, 0.4) is 0 Å². The van der Waals surface area contributed by atoms with Crippen molar-refractivity contribution in [2.45, 2.75) is 31.6 Å². The van der Waals surface area contributed by atoms with Crippen molar-refractivity contribution in [3.05, 3.63) is 105 Å². The number of hydrogen-bond acceptors (Lipinski definition) is 2. The average Bonchev–Trinajstić information content (AvgIpc) is 2.72. The molecule has 1 fully saturated rings. The van der Waals surface area contributed by atoms with E-state index in [1.165, 1.54) is 5.56 Å². The molecule has 1 saturated heterocycles. The molecule has 1 N–H and O–H groups in total. The Kier molecular flexibility index (Phi) is 5.91. The highest BCUT2D eigenvalue weighted by Crippen LogP contribution is 2.37. The maximum absolute atomic E-state index is 12.9. The van der Waals surface area contributed by atoms with Crippen molar-refractivity contribution >= 4 is 29.1 Å².